The Hall–Kier alpha value is -3.84. The molecule has 4 nitrogen and oxygen atoms in total. The molecule has 0 N–H and O–H groups in total. The molecule has 5 aromatic rings. The molecule has 2 heterocycles. The van der Waals surface area contributed by atoms with E-state index < -0.39 is 11.7 Å². The van der Waals surface area contributed by atoms with Crippen molar-refractivity contribution in [1.82, 2.24) is 14.8 Å². The van der Waals surface area contributed by atoms with Crippen molar-refractivity contribution in [3.05, 3.63) is 107 Å². The first-order valence-corrected chi connectivity index (χ1v) is 11.2. The molecule has 35 heavy (non-hydrogen) atoms. The molecule has 0 fully saturated rings. The van der Waals surface area contributed by atoms with E-state index in [2.05, 4.69) is 10.1 Å². The Labute approximate surface area is 204 Å². The summed E-state index contributed by atoms with van der Waals surface area (Å²) in [5, 5.41) is 4.76. The minimum atomic E-state index is -4.58. The second kappa shape index (κ2) is 9.07. The molecule has 0 unspecified atom stereocenters. The van der Waals surface area contributed by atoms with E-state index in [0.717, 1.165) is 11.6 Å². The normalized spacial score (nSPS) is 11.7. The molecule has 8 heteroatoms. The van der Waals surface area contributed by atoms with E-state index in [1.165, 1.54) is 4.68 Å². The third-order valence-electron chi connectivity index (χ3n) is 5.57. The van der Waals surface area contributed by atoms with Crippen LogP contribution in [0, 0.1) is 6.92 Å². The Morgan fingerprint density at radius 1 is 0.914 bits per heavy atom. The summed E-state index contributed by atoms with van der Waals surface area (Å²) in [6.07, 6.45) is -4.58. The molecule has 0 saturated carbocycles. The number of halogens is 4. The first-order chi connectivity index (χ1) is 16.8. The summed E-state index contributed by atoms with van der Waals surface area (Å²) in [6.45, 7) is 1.93. The van der Waals surface area contributed by atoms with E-state index in [4.69, 9.17) is 16.3 Å². The molecule has 0 aliphatic carbocycles. The number of nitrogens with zero attached hydrogens (tertiary/aromatic N) is 3. The van der Waals surface area contributed by atoms with Crippen LogP contribution >= 0.6 is 11.6 Å². The highest BCUT2D eigenvalue weighted by Crippen LogP contribution is 2.39. The van der Waals surface area contributed by atoms with Gasteiger partial charge < -0.3 is 4.74 Å². The van der Waals surface area contributed by atoms with E-state index in [-0.39, 0.29) is 22.4 Å². The van der Waals surface area contributed by atoms with Gasteiger partial charge >= 0.3 is 6.18 Å². The predicted molar refractivity (Wildman–Crippen MR) is 130 cm³/mol. The van der Waals surface area contributed by atoms with Crippen LogP contribution in [0.5, 0.6) is 5.75 Å². The monoisotopic (exact) mass is 493 g/mol. The topological polar surface area (TPSA) is 39.9 Å². The van der Waals surface area contributed by atoms with Crippen LogP contribution in [0.4, 0.5) is 13.2 Å². The smallest absolute Gasteiger partial charge is 0.417 e. The van der Waals surface area contributed by atoms with Crippen LogP contribution in [0.3, 0.4) is 0 Å². The van der Waals surface area contributed by atoms with Gasteiger partial charge in [0, 0.05) is 10.6 Å². The molecule has 5 rings (SSSR count). The van der Waals surface area contributed by atoms with Gasteiger partial charge in [-0.15, -0.1) is 0 Å². The molecular formula is C27H19ClF3N3O. The summed E-state index contributed by atoms with van der Waals surface area (Å²) in [5.41, 5.74) is 1.81. The lowest BCUT2D eigenvalue weighted by Crippen LogP contribution is -2.08. The lowest BCUT2D eigenvalue weighted by Gasteiger charge is -2.12. The van der Waals surface area contributed by atoms with Crippen molar-refractivity contribution in [3.63, 3.8) is 0 Å². The van der Waals surface area contributed by atoms with E-state index >= 15 is 0 Å². The number of aryl methyl sites for hydroxylation is 1. The van der Waals surface area contributed by atoms with Gasteiger partial charge in [-0.2, -0.15) is 18.3 Å². The van der Waals surface area contributed by atoms with Crippen LogP contribution < -0.4 is 4.74 Å². The zero-order valence-corrected chi connectivity index (χ0v) is 19.3. The molecule has 176 valence electrons. The van der Waals surface area contributed by atoms with E-state index in [1.807, 2.05) is 30.3 Å². The van der Waals surface area contributed by atoms with Crippen LogP contribution in [-0.4, -0.2) is 14.8 Å². The van der Waals surface area contributed by atoms with Crippen LogP contribution in [0.15, 0.2) is 84.9 Å². The highest BCUT2D eigenvalue weighted by molar-refractivity contribution is 6.30. The fourth-order valence-corrected chi connectivity index (χ4v) is 4.10. The fourth-order valence-electron chi connectivity index (χ4n) is 3.91. The Balaban J connectivity index is 1.57. The Morgan fingerprint density at radius 2 is 1.66 bits per heavy atom. The van der Waals surface area contributed by atoms with Crippen LogP contribution in [-0.2, 0) is 12.8 Å². The van der Waals surface area contributed by atoms with Gasteiger partial charge in [-0.3, -0.25) is 0 Å². The third-order valence-corrected chi connectivity index (χ3v) is 5.80. The summed E-state index contributed by atoms with van der Waals surface area (Å²) >= 11 is 6.11. The summed E-state index contributed by atoms with van der Waals surface area (Å²) in [6, 6.07) is 24.3. The van der Waals surface area contributed by atoms with Crippen molar-refractivity contribution in [2.75, 3.05) is 0 Å². The van der Waals surface area contributed by atoms with Gasteiger partial charge in [0.05, 0.1) is 28.0 Å². The zero-order chi connectivity index (χ0) is 24.6. The predicted octanol–water partition coefficient (Wildman–Crippen LogP) is 7.65. The summed E-state index contributed by atoms with van der Waals surface area (Å²) in [5.74, 6) is 0.606. The van der Waals surface area contributed by atoms with Gasteiger partial charge in [0.15, 0.2) is 5.65 Å². The minimum absolute atomic E-state index is 0.0379. The van der Waals surface area contributed by atoms with Crippen molar-refractivity contribution >= 4 is 22.6 Å². The van der Waals surface area contributed by atoms with Gasteiger partial charge in [-0.25, -0.2) is 9.67 Å². The largest absolute Gasteiger partial charge is 0.489 e. The van der Waals surface area contributed by atoms with E-state index in [1.54, 1.807) is 55.5 Å². The van der Waals surface area contributed by atoms with Crippen molar-refractivity contribution in [1.29, 1.82) is 0 Å². The van der Waals surface area contributed by atoms with Crippen LogP contribution in [0.25, 0.3) is 28.0 Å². The summed E-state index contributed by atoms with van der Waals surface area (Å²) in [4.78, 5) is 4.59. The van der Waals surface area contributed by atoms with Crippen molar-refractivity contribution in [3.8, 4) is 22.7 Å². The number of hydrogen-bond acceptors (Lipinski definition) is 3. The van der Waals surface area contributed by atoms with E-state index in [0.29, 0.717) is 28.6 Å². The molecule has 0 radical (unpaired) electrons. The Bertz CT molecular complexity index is 1500. The van der Waals surface area contributed by atoms with Crippen molar-refractivity contribution in [2.45, 2.75) is 19.7 Å². The second-order valence-corrected chi connectivity index (χ2v) is 8.46. The number of hydrogen-bond donors (Lipinski definition) is 0. The van der Waals surface area contributed by atoms with Crippen molar-refractivity contribution in [2.24, 2.45) is 0 Å². The number of ether oxygens (including phenoxy) is 1. The molecule has 0 bridgehead atoms. The average Bonchev–Trinajstić information content (AvgIpc) is 3.19. The molecular weight excluding hydrogens is 475 g/mol. The maximum absolute atomic E-state index is 14.1. The van der Waals surface area contributed by atoms with Gasteiger partial charge in [0.25, 0.3) is 0 Å². The lowest BCUT2D eigenvalue weighted by atomic mass is 10.0. The number of benzene rings is 3. The number of aromatic nitrogens is 3. The van der Waals surface area contributed by atoms with Gasteiger partial charge in [-0.05, 0) is 61.0 Å². The van der Waals surface area contributed by atoms with Gasteiger partial charge in [0.1, 0.15) is 12.4 Å². The maximum atomic E-state index is 14.1. The van der Waals surface area contributed by atoms with Crippen LogP contribution in [0.2, 0.25) is 5.02 Å². The molecule has 3 aromatic carbocycles. The second-order valence-electron chi connectivity index (χ2n) is 8.03. The number of rotatable bonds is 5. The van der Waals surface area contributed by atoms with Gasteiger partial charge in [-0.1, -0.05) is 48.0 Å². The molecule has 0 spiro atoms. The molecule has 0 aliphatic heterocycles. The quantitative estimate of drug-likeness (QED) is 0.252. The molecule has 0 amide bonds. The standard InChI is InChI=1S/C27H19ClF3N3O/c1-17-25-23(27(29,30)31)15-24(32-26(25)34(33-17)21-9-5-8-20(28)14-21)19-10-12-22(13-11-19)35-16-18-6-3-2-4-7-18/h2-15H,16H2,1H3. The van der Waals surface area contributed by atoms with Crippen LogP contribution in [0.1, 0.15) is 16.8 Å². The summed E-state index contributed by atoms with van der Waals surface area (Å²) < 4.78 is 49.5. The SMILES string of the molecule is Cc1nn(-c2cccc(Cl)c2)c2nc(-c3ccc(OCc4ccccc4)cc3)cc(C(F)(F)F)c12. The molecule has 2 aromatic heterocycles. The lowest BCUT2D eigenvalue weighted by molar-refractivity contribution is -0.136. The number of alkyl halides is 3. The molecule has 0 atom stereocenters. The number of fused-ring (bicyclic) bond motifs is 1. The highest BCUT2D eigenvalue weighted by Gasteiger charge is 2.35. The minimum Gasteiger partial charge on any atom is -0.489 e. The van der Waals surface area contributed by atoms with Gasteiger partial charge in [0.2, 0.25) is 0 Å². The first-order valence-electron chi connectivity index (χ1n) is 10.8. The Morgan fingerprint density at radius 3 is 2.34 bits per heavy atom. The third kappa shape index (κ3) is 4.72. The molecule has 0 aliphatic rings. The van der Waals surface area contributed by atoms with E-state index in [9.17, 15) is 13.2 Å². The first kappa shape index (κ1) is 22.9. The molecule has 0 saturated heterocycles. The average molecular weight is 494 g/mol. The number of pyridine rings is 1. The van der Waals surface area contributed by atoms with Crippen molar-refractivity contribution < 1.29 is 17.9 Å². The zero-order valence-electron chi connectivity index (χ0n) is 18.6. The summed E-state index contributed by atoms with van der Waals surface area (Å²) in [7, 11) is 0. The Kier molecular flexibility index (Phi) is 5.94. The highest BCUT2D eigenvalue weighted by atomic mass is 35.5. The fraction of sp³-hybridized carbons (Fsp3) is 0.111. The maximum Gasteiger partial charge on any atom is 0.417 e.